The molecule has 0 aromatic heterocycles. The van der Waals surface area contributed by atoms with Gasteiger partial charge in [0.05, 0.1) is 0 Å². The van der Waals surface area contributed by atoms with Crippen molar-refractivity contribution in [2.75, 3.05) is 25.4 Å². The third kappa shape index (κ3) is 3.45. The topological polar surface area (TPSA) is 3.24 Å². The minimum Gasteiger partial charge on any atom is -0.298 e. The first-order valence-corrected chi connectivity index (χ1v) is 8.79. The minimum absolute atomic E-state index is 0.0888. The lowest BCUT2D eigenvalue weighted by Crippen LogP contribution is -2.35. The van der Waals surface area contributed by atoms with Gasteiger partial charge in [-0.3, -0.25) is 4.90 Å². The molecule has 0 amide bonds. The molecule has 1 aliphatic rings. The van der Waals surface area contributed by atoms with Gasteiger partial charge < -0.3 is 0 Å². The SMILES string of the molecule is Fc1ccc(P2CCN(Cc3ccccc3)CC2)cc1. The van der Waals surface area contributed by atoms with Crippen molar-refractivity contribution in [3.8, 4) is 0 Å². The minimum atomic E-state index is -0.133. The van der Waals surface area contributed by atoms with Crippen molar-refractivity contribution in [3.63, 3.8) is 0 Å². The molecule has 1 aliphatic heterocycles. The fourth-order valence-electron chi connectivity index (χ4n) is 2.66. The van der Waals surface area contributed by atoms with E-state index in [0.29, 0.717) is 0 Å². The molecule has 1 saturated heterocycles. The van der Waals surface area contributed by atoms with E-state index >= 15 is 0 Å². The van der Waals surface area contributed by atoms with Gasteiger partial charge in [0.2, 0.25) is 0 Å². The maximum atomic E-state index is 13.0. The second-order valence-corrected chi connectivity index (χ2v) is 7.72. The van der Waals surface area contributed by atoms with Gasteiger partial charge in [-0.05, 0) is 35.3 Å². The monoisotopic (exact) mass is 287 g/mol. The van der Waals surface area contributed by atoms with Gasteiger partial charge in [-0.1, -0.05) is 50.4 Å². The van der Waals surface area contributed by atoms with E-state index in [2.05, 4.69) is 35.2 Å². The average molecular weight is 287 g/mol. The van der Waals surface area contributed by atoms with E-state index in [-0.39, 0.29) is 13.7 Å². The van der Waals surface area contributed by atoms with Crippen LogP contribution in [-0.4, -0.2) is 30.3 Å². The molecule has 3 rings (SSSR count). The predicted octanol–water partition coefficient (Wildman–Crippen LogP) is 3.45. The largest absolute Gasteiger partial charge is 0.298 e. The van der Waals surface area contributed by atoms with Crippen molar-refractivity contribution in [1.29, 1.82) is 0 Å². The van der Waals surface area contributed by atoms with E-state index in [1.165, 1.54) is 23.2 Å². The highest BCUT2D eigenvalue weighted by atomic mass is 31.1. The van der Waals surface area contributed by atoms with E-state index in [1.807, 2.05) is 12.1 Å². The van der Waals surface area contributed by atoms with Crippen molar-refractivity contribution in [2.45, 2.75) is 6.54 Å². The summed E-state index contributed by atoms with van der Waals surface area (Å²) < 4.78 is 13.0. The zero-order valence-electron chi connectivity index (χ0n) is 11.5. The summed E-state index contributed by atoms with van der Waals surface area (Å²) in [6.07, 6.45) is 2.46. The number of hydrogen-bond donors (Lipinski definition) is 0. The third-order valence-corrected chi connectivity index (χ3v) is 6.32. The normalized spacial score (nSPS) is 17.2. The van der Waals surface area contributed by atoms with Crippen LogP contribution in [0.15, 0.2) is 54.6 Å². The van der Waals surface area contributed by atoms with Crippen LogP contribution in [0, 0.1) is 5.82 Å². The lowest BCUT2D eigenvalue weighted by molar-refractivity contribution is 0.292. The number of nitrogens with zero attached hydrogens (tertiary/aromatic N) is 1. The smallest absolute Gasteiger partial charge is 0.123 e. The van der Waals surface area contributed by atoms with Gasteiger partial charge in [0.25, 0.3) is 0 Å². The molecule has 0 unspecified atom stereocenters. The zero-order chi connectivity index (χ0) is 13.8. The Morgan fingerprint density at radius 3 is 2.20 bits per heavy atom. The van der Waals surface area contributed by atoms with Crippen molar-refractivity contribution in [3.05, 3.63) is 66.0 Å². The molecule has 2 aromatic carbocycles. The van der Waals surface area contributed by atoms with Crippen molar-refractivity contribution in [1.82, 2.24) is 4.90 Å². The van der Waals surface area contributed by atoms with Gasteiger partial charge in [0.1, 0.15) is 5.82 Å². The van der Waals surface area contributed by atoms with Crippen LogP contribution in [0.1, 0.15) is 5.56 Å². The van der Waals surface area contributed by atoms with E-state index in [4.69, 9.17) is 0 Å². The van der Waals surface area contributed by atoms with Gasteiger partial charge >= 0.3 is 0 Å². The molecule has 1 heterocycles. The maximum absolute atomic E-state index is 13.0. The molecule has 20 heavy (non-hydrogen) atoms. The molecule has 0 N–H and O–H groups in total. The molecule has 0 aliphatic carbocycles. The Bertz CT molecular complexity index is 533. The second kappa shape index (κ2) is 6.47. The molecule has 0 spiro atoms. The fraction of sp³-hybridized carbons (Fsp3) is 0.294. The van der Waals surface area contributed by atoms with Crippen LogP contribution in [0.2, 0.25) is 0 Å². The van der Waals surface area contributed by atoms with Crippen LogP contribution in [0.25, 0.3) is 0 Å². The standard InChI is InChI=1S/C17H19FNP/c18-16-6-8-17(9-7-16)20-12-10-19(11-13-20)14-15-4-2-1-3-5-15/h1-9H,10-14H2. The average Bonchev–Trinajstić information content (AvgIpc) is 2.50. The van der Waals surface area contributed by atoms with Crippen LogP contribution < -0.4 is 5.30 Å². The van der Waals surface area contributed by atoms with Crippen molar-refractivity contribution >= 4 is 13.2 Å². The van der Waals surface area contributed by atoms with Crippen LogP contribution in [0.3, 0.4) is 0 Å². The first-order valence-electron chi connectivity index (χ1n) is 7.08. The number of benzene rings is 2. The highest BCUT2D eigenvalue weighted by Crippen LogP contribution is 2.37. The molecule has 1 fully saturated rings. The Kier molecular flexibility index (Phi) is 4.44. The Balaban J connectivity index is 1.55. The molecule has 1 nitrogen and oxygen atoms in total. The lowest BCUT2D eigenvalue weighted by Gasteiger charge is -2.32. The number of hydrogen-bond acceptors (Lipinski definition) is 1. The van der Waals surface area contributed by atoms with Gasteiger partial charge in [-0.15, -0.1) is 0 Å². The summed E-state index contributed by atoms with van der Waals surface area (Å²) in [6.45, 7) is 3.35. The quantitative estimate of drug-likeness (QED) is 0.782. The molecule has 3 heteroatoms. The number of rotatable bonds is 3. The van der Waals surface area contributed by atoms with E-state index in [0.717, 1.165) is 19.6 Å². The first-order chi connectivity index (χ1) is 9.81. The van der Waals surface area contributed by atoms with E-state index < -0.39 is 0 Å². The molecular formula is C17H19FNP. The summed E-state index contributed by atoms with van der Waals surface area (Å²) in [4.78, 5) is 2.53. The zero-order valence-corrected chi connectivity index (χ0v) is 12.4. The Morgan fingerprint density at radius 1 is 0.900 bits per heavy atom. The lowest BCUT2D eigenvalue weighted by atomic mass is 10.2. The molecule has 0 saturated carbocycles. The van der Waals surface area contributed by atoms with Gasteiger partial charge in [-0.25, -0.2) is 4.39 Å². The summed E-state index contributed by atoms with van der Waals surface area (Å²) in [5, 5.41) is 1.35. The summed E-state index contributed by atoms with van der Waals surface area (Å²) in [7, 11) is -0.0888. The van der Waals surface area contributed by atoms with Crippen molar-refractivity contribution < 1.29 is 4.39 Å². The molecule has 2 aromatic rings. The first kappa shape index (κ1) is 13.7. The maximum Gasteiger partial charge on any atom is 0.123 e. The predicted molar refractivity (Wildman–Crippen MR) is 84.4 cm³/mol. The second-order valence-electron chi connectivity index (χ2n) is 5.23. The molecule has 104 valence electrons. The molecular weight excluding hydrogens is 268 g/mol. The van der Waals surface area contributed by atoms with Gasteiger partial charge in [0, 0.05) is 19.6 Å². The number of halogens is 1. The summed E-state index contributed by atoms with van der Waals surface area (Å²) in [5.41, 5.74) is 1.39. The summed E-state index contributed by atoms with van der Waals surface area (Å²) >= 11 is 0. The summed E-state index contributed by atoms with van der Waals surface area (Å²) in [5.74, 6) is -0.133. The van der Waals surface area contributed by atoms with Crippen molar-refractivity contribution in [2.24, 2.45) is 0 Å². The van der Waals surface area contributed by atoms with E-state index in [1.54, 1.807) is 12.1 Å². The Morgan fingerprint density at radius 2 is 1.55 bits per heavy atom. The Labute approximate surface area is 121 Å². The fourth-order valence-corrected chi connectivity index (χ4v) is 5.02. The Hall–Kier alpha value is -1.24. The molecule has 0 bridgehead atoms. The molecule has 0 atom stereocenters. The summed E-state index contributed by atoms with van der Waals surface area (Å²) in [6, 6.07) is 17.8. The van der Waals surface area contributed by atoms with Crippen LogP contribution >= 0.6 is 7.92 Å². The van der Waals surface area contributed by atoms with Crippen LogP contribution in [0.4, 0.5) is 4.39 Å². The van der Waals surface area contributed by atoms with E-state index in [9.17, 15) is 4.39 Å². The highest BCUT2D eigenvalue weighted by molar-refractivity contribution is 7.65. The van der Waals surface area contributed by atoms with Crippen LogP contribution in [-0.2, 0) is 6.54 Å². The highest BCUT2D eigenvalue weighted by Gasteiger charge is 2.20. The molecule has 0 radical (unpaired) electrons. The van der Waals surface area contributed by atoms with Crippen LogP contribution in [0.5, 0.6) is 0 Å². The van der Waals surface area contributed by atoms with Gasteiger partial charge in [-0.2, -0.15) is 0 Å². The van der Waals surface area contributed by atoms with Gasteiger partial charge in [0.15, 0.2) is 0 Å². The third-order valence-electron chi connectivity index (χ3n) is 3.81.